The van der Waals surface area contributed by atoms with Gasteiger partial charge in [-0.25, -0.2) is 0 Å². The lowest BCUT2D eigenvalue weighted by atomic mass is 9.84. The zero-order valence-electron chi connectivity index (χ0n) is 11.0. The molecule has 0 aromatic heterocycles. The van der Waals surface area contributed by atoms with Gasteiger partial charge in [-0.3, -0.25) is 4.79 Å². The van der Waals surface area contributed by atoms with Gasteiger partial charge < -0.3 is 15.7 Å². The highest BCUT2D eigenvalue weighted by atomic mass is 16.3. The highest BCUT2D eigenvalue weighted by molar-refractivity contribution is 5.80. The van der Waals surface area contributed by atoms with Gasteiger partial charge in [0.05, 0.1) is 11.5 Å². The van der Waals surface area contributed by atoms with Crippen molar-refractivity contribution in [2.24, 2.45) is 23.5 Å². The minimum Gasteiger partial charge on any atom is -0.389 e. The number of carbonyl (C=O) groups excluding carboxylic acids is 1. The Kier molecular flexibility index (Phi) is 3.21. The normalized spacial score (nSPS) is 36.3. The molecule has 2 saturated carbocycles. The highest BCUT2D eigenvalue weighted by Crippen LogP contribution is 2.48. The molecule has 0 aromatic carbocycles. The summed E-state index contributed by atoms with van der Waals surface area (Å²) < 4.78 is 0. The van der Waals surface area contributed by atoms with E-state index in [-0.39, 0.29) is 17.9 Å². The van der Waals surface area contributed by atoms with Crippen LogP contribution in [-0.2, 0) is 4.79 Å². The number of hydrogen-bond acceptors (Lipinski definition) is 3. The van der Waals surface area contributed by atoms with Crippen LogP contribution in [0.1, 0.15) is 33.1 Å². The average molecular weight is 240 g/mol. The van der Waals surface area contributed by atoms with Crippen LogP contribution < -0.4 is 5.73 Å². The summed E-state index contributed by atoms with van der Waals surface area (Å²) in [5.74, 6) is 1.13. The van der Waals surface area contributed by atoms with Crippen LogP contribution in [0.4, 0.5) is 0 Å². The second kappa shape index (κ2) is 4.25. The Labute approximate surface area is 103 Å². The molecule has 4 nitrogen and oxygen atoms in total. The van der Waals surface area contributed by atoms with E-state index in [0.717, 1.165) is 12.8 Å². The first kappa shape index (κ1) is 12.8. The fraction of sp³-hybridized carbons (Fsp3) is 0.923. The van der Waals surface area contributed by atoms with Crippen LogP contribution in [0.15, 0.2) is 0 Å². The second-order valence-electron chi connectivity index (χ2n) is 6.44. The van der Waals surface area contributed by atoms with Crippen LogP contribution in [0.2, 0.25) is 0 Å². The summed E-state index contributed by atoms with van der Waals surface area (Å²) in [7, 11) is 1.76. The lowest BCUT2D eigenvalue weighted by Crippen LogP contribution is -2.49. The number of likely N-dealkylation sites (N-methyl/N-ethyl adjacent to an activating group) is 1. The summed E-state index contributed by atoms with van der Waals surface area (Å²) in [5.41, 5.74) is 5.32. The lowest BCUT2D eigenvalue weighted by Gasteiger charge is -2.33. The molecule has 2 fully saturated rings. The predicted octanol–water partition coefficient (Wildman–Crippen LogP) is 0.589. The van der Waals surface area contributed by atoms with Crippen molar-refractivity contribution in [3.05, 3.63) is 0 Å². The number of aliphatic hydroxyl groups is 1. The van der Waals surface area contributed by atoms with Crippen LogP contribution in [0.25, 0.3) is 0 Å². The third kappa shape index (κ3) is 2.47. The molecule has 2 aliphatic rings. The number of fused-ring (bicyclic) bond motifs is 2. The minimum atomic E-state index is -0.841. The molecule has 0 aromatic rings. The molecule has 0 radical (unpaired) electrons. The summed E-state index contributed by atoms with van der Waals surface area (Å²) in [5, 5.41) is 9.75. The molecule has 98 valence electrons. The molecule has 0 spiro atoms. The summed E-state index contributed by atoms with van der Waals surface area (Å²) >= 11 is 0. The molecule has 4 unspecified atom stereocenters. The molecule has 2 bridgehead atoms. The topological polar surface area (TPSA) is 66.6 Å². The van der Waals surface area contributed by atoms with Gasteiger partial charge in [-0.15, -0.1) is 0 Å². The molecule has 4 atom stereocenters. The Bertz CT molecular complexity index is 309. The first-order valence-electron chi connectivity index (χ1n) is 6.52. The minimum absolute atomic E-state index is 0.0129. The van der Waals surface area contributed by atoms with E-state index in [4.69, 9.17) is 5.73 Å². The summed E-state index contributed by atoms with van der Waals surface area (Å²) in [6.45, 7) is 3.81. The van der Waals surface area contributed by atoms with E-state index >= 15 is 0 Å². The van der Waals surface area contributed by atoms with Gasteiger partial charge in [0.2, 0.25) is 5.91 Å². The van der Waals surface area contributed by atoms with E-state index in [1.165, 1.54) is 6.42 Å². The van der Waals surface area contributed by atoms with Gasteiger partial charge in [-0.1, -0.05) is 0 Å². The summed E-state index contributed by atoms with van der Waals surface area (Å²) in [4.78, 5) is 14.0. The maximum Gasteiger partial charge on any atom is 0.227 e. The van der Waals surface area contributed by atoms with E-state index in [1.54, 1.807) is 25.8 Å². The van der Waals surface area contributed by atoms with E-state index < -0.39 is 5.60 Å². The standard InChI is InChI=1S/C13H24N2O2/c1-13(2,17)7-15(3)12(16)10-8-4-5-9(6-8)11(10)14/h8-11,17H,4-7,14H2,1-3H3. The van der Waals surface area contributed by atoms with Crippen LogP contribution in [0.3, 0.4) is 0 Å². The number of amides is 1. The van der Waals surface area contributed by atoms with Gasteiger partial charge in [0.15, 0.2) is 0 Å². The van der Waals surface area contributed by atoms with Gasteiger partial charge in [0.1, 0.15) is 0 Å². The van der Waals surface area contributed by atoms with Gasteiger partial charge >= 0.3 is 0 Å². The zero-order valence-corrected chi connectivity index (χ0v) is 11.0. The van der Waals surface area contributed by atoms with Crippen molar-refractivity contribution in [3.63, 3.8) is 0 Å². The second-order valence-corrected chi connectivity index (χ2v) is 6.44. The van der Waals surface area contributed by atoms with Crippen molar-refractivity contribution in [3.8, 4) is 0 Å². The van der Waals surface area contributed by atoms with Gasteiger partial charge in [0, 0.05) is 19.6 Å². The molecule has 17 heavy (non-hydrogen) atoms. The molecule has 2 aliphatic carbocycles. The first-order valence-corrected chi connectivity index (χ1v) is 6.52. The number of nitrogens with zero attached hydrogens (tertiary/aromatic N) is 1. The van der Waals surface area contributed by atoms with Gasteiger partial charge in [0.25, 0.3) is 0 Å². The van der Waals surface area contributed by atoms with Crippen molar-refractivity contribution < 1.29 is 9.90 Å². The zero-order chi connectivity index (χ0) is 12.8. The van der Waals surface area contributed by atoms with Crippen molar-refractivity contribution in [1.82, 2.24) is 4.90 Å². The van der Waals surface area contributed by atoms with Crippen molar-refractivity contribution in [2.45, 2.75) is 44.8 Å². The number of carbonyl (C=O) groups is 1. The van der Waals surface area contributed by atoms with E-state index in [2.05, 4.69) is 0 Å². The quantitative estimate of drug-likeness (QED) is 0.758. The molecule has 0 heterocycles. The predicted molar refractivity (Wildman–Crippen MR) is 66.2 cm³/mol. The molecular weight excluding hydrogens is 216 g/mol. The van der Waals surface area contributed by atoms with Crippen molar-refractivity contribution in [2.75, 3.05) is 13.6 Å². The van der Waals surface area contributed by atoms with Crippen LogP contribution >= 0.6 is 0 Å². The number of rotatable bonds is 3. The van der Waals surface area contributed by atoms with E-state index in [9.17, 15) is 9.90 Å². The lowest BCUT2D eigenvalue weighted by molar-refractivity contribution is -0.139. The first-order chi connectivity index (χ1) is 7.79. The Balaban J connectivity index is 2.01. The third-order valence-electron chi connectivity index (χ3n) is 4.27. The Morgan fingerprint density at radius 3 is 2.47 bits per heavy atom. The third-order valence-corrected chi connectivity index (χ3v) is 4.27. The van der Waals surface area contributed by atoms with E-state index in [1.807, 2.05) is 0 Å². The summed E-state index contributed by atoms with van der Waals surface area (Å²) in [6.07, 6.45) is 3.45. The Morgan fingerprint density at radius 2 is 2.00 bits per heavy atom. The van der Waals surface area contributed by atoms with Gasteiger partial charge in [-0.2, -0.15) is 0 Å². The molecule has 0 aliphatic heterocycles. The molecule has 2 rings (SSSR count). The fourth-order valence-electron chi connectivity index (χ4n) is 3.62. The summed E-state index contributed by atoms with van der Waals surface area (Å²) in [6, 6.07) is 0.0329. The smallest absolute Gasteiger partial charge is 0.227 e. The van der Waals surface area contributed by atoms with Crippen LogP contribution in [-0.4, -0.2) is 41.1 Å². The molecule has 3 N–H and O–H groups in total. The van der Waals surface area contributed by atoms with Crippen LogP contribution in [0, 0.1) is 17.8 Å². The van der Waals surface area contributed by atoms with Crippen LogP contribution in [0.5, 0.6) is 0 Å². The monoisotopic (exact) mass is 240 g/mol. The Hall–Kier alpha value is -0.610. The van der Waals surface area contributed by atoms with Crippen molar-refractivity contribution in [1.29, 1.82) is 0 Å². The molecule has 4 heteroatoms. The average Bonchev–Trinajstić information content (AvgIpc) is 2.74. The largest absolute Gasteiger partial charge is 0.389 e. The SMILES string of the molecule is CN(CC(C)(C)O)C(=O)C1C2CCC(C2)C1N. The molecular formula is C13H24N2O2. The maximum absolute atomic E-state index is 12.4. The number of nitrogens with two attached hydrogens (primary N) is 1. The fourth-order valence-corrected chi connectivity index (χ4v) is 3.62. The number of hydrogen-bond donors (Lipinski definition) is 2. The molecule has 1 amide bonds. The maximum atomic E-state index is 12.4. The van der Waals surface area contributed by atoms with Gasteiger partial charge in [-0.05, 0) is 44.9 Å². The highest BCUT2D eigenvalue weighted by Gasteiger charge is 2.49. The van der Waals surface area contributed by atoms with Crippen molar-refractivity contribution >= 4 is 5.91 Å². The molecule has 0 saturated heterocycles. The van der Waals surface area contributed by atoms with E-state index in [0.29, 0.717) is 18.4 Å². The Morgan fingerprint density at radius 1 is 1.41 bits per heavy atom.